The van der Waals surface area contributed by atoms with Crippen LogP contribution >= 0.6 is 0 Å². The van der Waals surface area contributed by atoms with E-state index in [0.29, 0.717) is 0 Å². The molecule has 1 rings (SSSR count). The molecule has 0 heterocycles. The van der Waals surface area contributed by atoms with Crippen LogP contribution in [0.2, 0.25) is 0 Å². The van der Waals surface area contributed by atoms with Gasteiger partial charge in [0.25, 0.3) is 0 Å². The molecule has 13 heavy (non-hydrogen) atoms. The maximum absolute atomic E-state index is 3.36. The van der Waals surface area contributed by atoms with Crippen LogP contribution in [0.15, 0.2) is 24.8 Å². The number of allylic oxidation sites excluding steroid dienone is 1. The highest BCUT2D eigenvalue weighted by Gasteiger charge is 1.95. The minimum atomic E-state index is 1.36. The van der Waals surface area contributed by atoms with Gasteiger partial charge in [0.15, 0.2) is 0 Å². The molecule has 0 unspecified atom stereocenters. The van der Waals surface area contributed by atoms with Crippen LogP contribution in [0, 0.1) is 27.7 Å². The van der Waals surface area contributed by atoms with Gasteiger partial charge in [0, 0.05) is 0 Å². The number of hydrogen-bond acceptors (Lipinski definition) is 0. The van der Waals surface area contributed by atoms with Gasteiger partial charge in [-0.2, -0.15) is 0 Å². The van der Waals surface area contributed by atoms with Crippen molar-refractivity contribution in [1.29, 1.82) is 0 Å². The molecular weight excluding hydrogens is 156 g/mol. The molecule has 0 nitrogen and oxygen atoms in total. The zero-order valence-electron chi connectivity index (χ0n) is 9.44. The van der Waals surface area contributed by atoms with Crippen LogP contribution in [-0.4, -0.2) is 0 Å². The molecule has 0 heteroatoms. The lowest BCUT2D eigenvalue weighted by Gasteiger charge is -2.04. The fourth-order valence-corrected chi connectivity index (χ4v) is 1.25. The summed E-state index contributed by atoms with van der Waals surface area (Å²) in [5, 5.41) is 0. The first-order valence-electron chi connectivity index (χ1n) is 4.64. The molecule has 0 aliphatic heterocycles. The fourth-order valence-electron chi connectivity index (χ4n) is 1.25. The molecule has 0 bridgehead atoms. The SMILES string of the molecule is C=CC.Cc1cc(C)c(C)c(C)c1. The van der Waals surface area contributed by atoms with E-state index in [1.54, 1.807) is 6.08 Å². The Hall–Kier alpha value is -1.04. The van der Waals surface area contributed by atoms with Crippen molar-refractivity contribution in [2.75, 3.05) is 0 Å². The van der Waals surface area contributed by atoms with E-state index in [4.69, 9.17) is 0 Å². The van der Waals surface area contributed by atoms with E-state index in [0.717, 1.165) is 0 Å². The number of benzene rings is 1. The van der Waals surface area contributed by atoms with Gasteiger partial charge in [-0.3, -0.25) is 0 Å². The van der Waals surface area contributed by atoms with Crippen molar-refractivity contribution >= 4 is 0 Å². The molecule has 0 aliphatic carbocycles. The molecule has 0 aliphatic rings. The molecule has 0 fully saturated rings. The lowest BCUT2D eigenvalue weighted by Crippen LogP contribution is -1.86. The highest BCUT2D eigenvalue weighted by molar-refractivity contribution is 5.35. The van der Waals surface area contributed by atoms with Crippen molar-refractivity contribution in [3.05, 3.63) is 47.0 Å². The molecule has 72 valence electrons. The maximum atomic E-state index is 3.36. The molecule has 0 atom stereocenters. The number of rotatable bonds is 0. The Balaban J connectivity index is 0.000000424. The van der Waals surface area contributed by atoms with Crippen molar-refractivity contribution < 1.29 is 0 Å². The van der Waals surface area contributed by atoms with Crippen LogP contribution < -0.4 is 0 Å². The van der Waals surface area contributed by atoms with Gasteiger partial charge in [-0.15, -0.1) is 6.58 Å². The van der Waals surface area contributed by atoms with Crippen LogP contribution in [0.3, 0.4) is 0 Å². The Kier molecular flexibility index (Phi) is 5.13. The smallest absolute Gasteiger partial charge is 0.0392 e. The van der Waals surface area contributed by atoms with Gasteiger partial charge in [0.05, 0.1) is 0 Å². The van der Waals surface area contributed by atoms with Crippen molar-refractivity contribution in [3.63, 3.8) is 0 Å². The highest BCUT2D eigenvalue weighted by Crippen LogP contribution is 2.13. The van der Waals surface area contributed by atoms with Gasteiger partial charge in [-0.05, 0) is 51.3 Å². The monoisotopic (exact) mass is 176 g/mol. The molecule has 0 saturated carbocycles. The molecule has 1 aromatic rings. The molecule has 0 saturated heterocycles. The van der Waals surface area contributed by atoms with Gasteiger partial charge >= 0.3 is 0 Å². The van der Waals surface area contributed by atoms with Gasteiger partial charge < -0.3 is 0 Å². The van der Waals surface area contributed by atoms with E-state index in [9.17, 15) is 0 Å². The summed E-state index contributed by atoms with van der Waals surface area (Å²) in [5.74, 6) is 0. The van der Waals surface area contributed by atoms with Gasteiger partial charge in [-0.25, -0.2) is 0 Å². The predicted molar refractivity (Wildman–Crippen MR) is 61.3 cm³/mol. The van der Waals surface area contributed by atoms with Crippen LogP contribution in [0.5, 0.6) is 0 Å². The summed E-state index contributed by atoms with van der Waals surface area (Å²) in [4.78, 5) is 0. The summed E-state index contributed by atoms with van der Waals surface area (Å²) >= 11 is 0. The Morgan fingerprint density at radius 2 is 1.31 bits per heavy atom. The van der Waals surface area contributed by atoms with E-state index in [1.165, 1.54) is 22.3 Å². The molecule has 0 aromatic heterocycles. The first-order valence-corrected chi connectivity index (χ1v) is 4.64. The minimum absolute atomic E-state index is 1.36. The average molecular weight is 176 g/mol. The zero-order chi connectivity index (χ0) is 10.4. The largest absolute Gasteiger partial charge is 0.103 e. The van der Waals surface area contributed by atoms with Crippen molar-refractivity contribution in [3.8, 4) is 0 Å². The molecule has 0 spiro atoms. The number of aryl methyl sites for hydroxylation is 3. The molecule has 1 aromatic carbocycles. The first kappa shape index (κ1) is 12.0. The van der Waals surface area contributed by atoms with E-state index < -0.39 is 0 Å². The fraction of sp³-hybridized carbons (Fsp3) is 0.385. The number of hydrogen-bond donors (Lipinski definition) is 0. The summed E-state index contributed by atoms with van der Waals surface area (Å²) in [6.07, 6.45) is 1.75. The van der Waals surface area contributed by atoms with Crippen molar-refractivity contribution in [1.82, 2.24) is 0 Å². The van der Waals surface area contributed by atoms with Crippen LogP contribution in [0.1, 0.15) is 29.2 Å². The van der Waals surface area contributed by atoms with Crippen LogP contribution in [0.25, 0.3) is 0 Å². The Morgan fingerprint density at radius 3 is 1.62 bits per heavy atom. The quantitative estimate of drug-likeness (QED) is 0.522. The molecular formula is C13H20. The summed E-state index contributed by atoms with van der Waals surface area (Å²) in [6.45, 7) is 13.9. The summed E-state index contributed by atoms with van der Waals surface area (Å²) in [5.41, 5.74) is 5.58. The minimum Gasteiger partial charge on any atom is -0.103 e. The lowest BCUT2D eigenvalue weighted by molar-refractivity contribution is 1.23. The van der Waals surface area contributed by atoms with Gasteiger partial charge in [0.1, 0.15) is 0 Å². The standard InChI is InChI=1S/C10H14.C3H6/c1-7-5-8(2)10(4)9(3)6-7;1-3-2/h5-6H,1-4H3;3H,1H2,2H3. The Morgan fingerprint density at radius 1 is 1.00 bits per heavy atom. The van der Waals surface area contributed by atoms with Crippen molar-refractivity contribution in [2.24, 2.45) is 0 Å². The van der Waals surface area contributed by atoms with Gasteiger partial charge in [0.2, 0.25) is 0 Å². The first-order chi connectivity index (χ1) is 6.02. The highest BCUT2D eigenvalue weighted by atomic mass is 14.0. The van der Waals surface area contributed by atoms with Crippen LogP contribution in [0.4, 0.5) is 0 Å². The third-order valence-corrected chi connectivity index (χ3v) is 2.07. The molecule has 0 radical (unpaired) electrons. The molecule has 0 N–H and O–H groups in total. The van der Waals surface area contributed by atoms with Gasteiger partial charge in [-0.1, -0.05) is 23.8 Å². The van der Waals surface area contributed by atoms with E-state index in [-0.39, 0.29) is 0 Å². The third kappa shape index (κ3) is 3.93. The predicted octanol–water partition coefficient (Wildman–Crippen LogP) is 4.11. The third-order valence-electron chi connectivity index (χ3n) is 2.07. The van der Waals surface area contributed by atoms with E-state index in [1.807, 2.05) is 6.92 Å². The van der Waals surface area contributed by atoms with E-state index in [2.05, 4.69) is 46.4 Å². The summed E-state index contributed by atoms with van der Waals surface area (Å²) in [6, 6.07) is 4.45. The second kappa shape index (κ2) is 5.58. The lowest BCUT2D eigenvalue weighted by atomic mass is 10.0. The summed E-state index contributed by atoms with van der Waals surface area (Å²) in [7, 11) is 0. The Labute approximate surface area is 82.3 Å². The maximum Gasteiger partial charge on any atom is -0.0392 e. The summed E-state index contributed by atoms with van der Waals surface area (Å²) < 4.78 is 0. The average Bonchev–Trinajstić information content (AvgIpc) is 2.01. The zero-order valence-corrected chi connectivity index (χ0v) is 9.44. The topological polar surface area (TPSA) is 0 Å². The van der Waals surface area contributed by atoms with E-state index >= 15 is 0 Å². The molecule has 0 amide bonds. The Bertz CT molecular complexity index is 259. The van der Waals surface area contributed by atoms with Crippen LogP contribution in [-0.2, 0) is 0 Å². The van der Waals surface area contributed by atoms with Crippen molar-refractivity contribution in [2.45, 2.75) is 34.6 Å². The second-order valence-electron chi connectivity index (χ2n) is 3.43. The second-order valence-corrected chi connectivity index (χ2v) is 3.43. The normalized spacial score (nSPS) is 8.69.